The number of hydrogen-bond donors (Lipinski definition) is 2. The molecule has 5 heteroatoms. The third kappa shape index (κ3) is 3.94. The van der Waals surface area contributed by atoms with E-state index < -0.39 is 5.63 Å². The van der Waals surface area contributed by atoms with E-state index in [0.717, 1.165) is 16.5 Å². The summed E-state index contributed by atoms with van der Waals surface area (Å²) in [6.45, 7) is 4.31. The van der Waals surface area contributed by atoms with Crippen molar-refractivity contribution in [1.82, 2.24) is 5.32 Å². The summed E-state index contributed by atoms with van der Waals surface area (Å²) in [5.41, 5.74) is 3.36. The number of benzene rings is 2. The van der Waals surface area contributed by atoms with Crippen molar-refractivity contribution < 1.29 is 14.3 Å². The lowest BCUT2D eigenvalue weighted by molar-refractivity contribution is -0.121. The Balaban J connectivity index is 1.67. The SMILES string of the molecule is Cc1ccc(CNC(=O)CCc2c(C)c3ccc(O)cc3oc2=O)cc1. The second-order valence-electron chi connectivity index (χ2n) is 6.44. The maximum atomic E-state index is 12.2. The number of phenols is 1. The number of nitrogens with one attached hydrogen (secondary N) is 1. The fraction of sp³-hybridized carbons (Fsp3) is 0.238. The van der Waals surface area contributed by atoms with Gasteiger partial charge >= 0.3 is 5.63 Å². The van der Waals surface area contributed by atoms with Gasteiger partial charge in [-0.1, -0.05) is 29.8 Å². The van der Waals surface area contributed by atoms with Crippen molar-refractivity contribution in [2.75, 3.05) is 0 Å². The smallest absolute Gasteiger partial charge is 0.339 e. The fourth-order valence-corrected chi connectivity index (χ4v) is 2.91. The molecular formula is C21H21NO4. The molecule has 3 rings (SSSR count). The van der Waals surface area contributed by atoms with Crippen LogP contribution in [0.5, 0.6) is 5.75 Å². The van der Waals surface area contributed by atoms with Gasteiger partial charge in [0.25, 0.3) is 0 Å². The number of hydrogen-bond acceptors (Lipinski definition) is 4. The summed E-state index contributed by atoms with van der Waals surface area (Å²) in [7, 11) is 0. The highest BCUT2D eigenvalue weighted by Crippen LogP contribution is 2.23. The normalized spacial score (nSPS) is 10.8. The summed E-state index contributed by atoms with van der Waals surface area (Å²) in [4.78, 5) is 24.3. The average Bonchev–Trinajstić information content (AvgIpc) is 2.60. The molecule has 2 N–H and O–H groups in total. The number of phenolic OH excluding ortho intramolecular Hbond substituents is 1. The topological polar surface area (TPSA) is 79.5 Å². The largest absolute Gasteiger partial charge is 0.508 e. The molecular weight excluding hydrogens is 330 g/mol. The van der Waals surface area contributed by atoms with Gasteiger partial charge in [-0.25, -0.2) is 4.79 Å². The molecule has 0 saturated heterocycles. The molecule has 134 valence electrons. The van der Waals surface area contributed by atoms with Crippen molar-refractivity contribution in [1.29, 1.82) is 0 Å². The number of aryl methyl sites for hydroxylation is 2. The molecule has 0 aliphatic rings. The van der Waals surface area contributed by atoms with Gasteiger partial charge in [-0.3, -0.25) is 4.79 Å². The summed E-state index contributed by atoms with van der Waals surface area (Å²) in [6.07, 6.45) is 0.520. The zero-order valence-corrected chi connectivity index (χ0v) is 14.8. The van der Waals surface area contributed by atoms with Crippen LogP contribution in [0, 0.1) is 13.8 Å². The average molecular weight is 351 g/mol. The minimum atomic E-state index is -0.466. The van der Waals surface area contributed by atoms with Crippen molar-refractivity contribution in [3.8, 4) is 5.75 Å². The predicted octanol–water partition coefficient (Wildman–Crippen LogP) is 3.36. The Labute approximate surface area is 151 Å². The highest BCUT2D eigenvalue weighted by atomic mass is 16.4. The van der Waals surface area contributed by atoms with E-state index >= 15 is 0 Å². The Morgan fingerprint density at radius 2 is 1.85 bits per heavy atom. The number of rotatable bonds is 5. The molecule has 1 aromatic heterocycles. The fourth-order valence-electron chi connectivity index (χ4n) is 2.91. The molecule has 1 amide bonds. The maximum Gasteiger partial charge on any atom is 0.339 e. The maximum absolute atomic E-state index is 12.2. The van der Waals surface area contributed by atoms with E-state index in [0.29, 0.717) is 24.1 Å². The van der Waals surface area contributed by atoms with Crippen LogP contribution in [0.2, 0.25) is 0 Å². The first-order valence-electron chi connectivity index (χ1n) is 8.51. The molecule has 5 nitrogen and oxygen atoms in total. The van der Waals surface area contributed by atoms with Gasteiger partial charge in [0.15, 0.2) is 0 Å². The molecule has 1 heterocycles. The van der Waals surface area contributed by atoms with Gasteiger partial charge in [0.05, 0.1) is 0 Å². The van der Waals surface area contributed by atoms with Gasteiger partial charge in [0, 0.05) is 30.0 Å². The number of amides is 1. The van der Waals surface area contributed by atoms with E-state index in [1.807, 2.05) is 38.1 Å². The molecule has 0 atom stereocenters. The molecule has 0 saturated carbocycles. The van der Waals surface area contributed by atoms with E-state index in [-0.39, 0.29) is 18.1 Å². The molecule has 0 bridgehead atoms. The van der Waals surface area contributed by atoms with Crippen molar-refractivity contribution in [2.45, 2.75) is 33.2 Å². The Morgan fingerprint density at radius 3 is 2.58 bits per heavy atom. The molecule has 0 fully saturated rings. The molecule has 3 aromatic rings. The van der Waals surface area contributed by atoms with Gasteiger partial charge in [-0.15, -0.1) is 0 Å². The second kappa shape index (κ2) is 7.44. The number of aromatic hydroxyl groups is 1. The van der Waals surface area contributed by atoms with Crippen LogP contribution in [0.1, 0.15) is 28.7 Å². The summed E-state index contributed by atoms with van der Waals surface area (Å²) in [5, 5.41) is 13.1. The number of carbonyl (C=O) groups excluding carboxylic acids is 1. The minimum Gasteiger partial charge on any atom is -0.508 e. The van der Waals surface area contributed by atoms with Crippen LogP contribution >= 0.6 is 0 Å². The lowest BCUT2D eigenvalue weighted by Crippen LogP contribution is -2.24. The minimum absolute atomic E-state index is 0.0447. The third-order valence-electron chi connectivity index (χ3n) is 4.48. The van der Waals surface area contributed by atoms with E-state index in [2.05, 4.69) is 5.32 Å². The van der Waals surface area contributed by atoms with E-state index in [4.69, 9.17) is 4.42 Å². The molecule has 26 heavy (non-hydrogen) atoms. The van der Waals surface area contributed by atoms with E-state index in [1.165, 1.54) is 11.6 Å². The standard InChI is InChI=1S/C21H21NO4/c1-13-3-5-15(6-4-13)12-22-20(24)10-9-18-14(2)17-8-7-16(23)11-19(17)26-21(18)25/h3-8,11,23H,9-10,12H2,1-2H3,(H,22,24). The van der Waals surface area contributed by atoms with Gasteiger partial charge in [0.2, 0.25) is 5.91 Å². The Hall–Kier alpha value is -3.08. The summed E-state index contributed by atoms with van der Waals surface area (Å²) >= 11 is 0. The highest BCUT2D eigenvalue weighted by Gasteiger charge is 2.13. The second-order valence-corrected chi connectivity index (χ2v) is 6.44. The molecule has 0 aliphatic carbocycles. The molecule has 0 spiro atoms. The van der Waals surface area contributed by atoms with Crippen molar-refractivity contribution in [3.63, 3.8) is 0 Å². The zero-order chi connectivity index (χ0) is 18.7. The molecule has 0 radical (unpaired) electrons. The Kier molecular flexibility index (Phi) is 5.07. The first-order chi connectivity index (χ1) is 12.4. The van der Waals surface area contributed by atoms with E-state index in [9.17, 15) is 14.7 Å². The first kappa shape index (κ1) is 17.7. The van der Waals surface area contributed by atoms with Crippen molar-refractivity contribution >= 4 is 16.9 Å². The van der Waals surface area contributed by atoms with Crippen LogP contribution in [-0.4, -0.2) is 11.0 Å². The Morgan fingerprint density at radius 1 is 1.12 bits per heavy atom. The summed E-state index contributed by atoms with van der Waals surface area (Å²) < 4.78 is 5.28. The van der Waals surface area contributed by atoms with Crippen LogP contribution < -0.4 is 10.9 Å². The van der Waals surface area contributed by atoms with Gasteiger partial charge in [0.1, 0.15) is 11.3 Å². The van der Waals surface area contributed by atoms with Crippen molar-refractivity contribution in [2.24, 2.45) is 0 Å². The molecule has 0 aliphatic heterocycles. The monoisotopic (exact) mass is 351 g/mol. The van der Waals surface area contributed by atoms with Crippen LogP contribution in [-0.2, 0) is 17.8 Å². The highest BCUT2D eigenvalue weighted by molar-refractivity contribution is 5.82. The molecule has 0 unspecified atom stereocenters. The number of carbonyl (C=O) groups is 1. The molecule has 2 aromatic carbocycles. The predicted molar refractivity (Wildman–Crippen MR) is 100 cm³/mol. The van der Waals surface area contributed by atoms with Crippen LogP contribution in [0.25, 0.3) is 11.0 Å². The van der Waals surface area contributed by atoms with Crippen LogP contribution in [0.15, 0.2) is 51.7 Å². The van der Waals surface area contributed by atoms with E-state index in [1.54, 1.807) is 12.1 Å². The zero-order valence-electron chi connectivity index (χ0n) is 14.8. The quantitative estimate of drug-likeness (QED) is 0.691. The lowest BCUT2D eigenvalue weighted by Gasteiger charge is -2.09. The first-order valence-corrected chi connectivity index (χ1v) is 8.51. The summed E-state index contributed by atoms with van der Waals surface area (Å²) in [5.74, 6) is -0.0709. The lowest BCUT2D eigenvalue weighted by atomic mass is 10.0. The van der Waals surface area contributed by atoms with Crippen LogP contribution in [0.3, 0.4) is 0 Å². The third-order valence-corrected chi connectivity index (χ3v) is 4.48. The van der Waals surface area contributed by atoms with Gasteiger partial charge < -0.3 is 14.8 Å². The van der Waals surface area contributed by atoms with Crippen LogP contribution in [0.4, 0.5) is 0 Å². The Bertz CT molecular complexity index is 1000. The number of fused-ring (bicyclic) bond motifs is 1. The summed E-state index contributed by atoms with van der Waals surface area (Å²) in [6, 6.07) is 12.6. The van der Waals surface area contributed by atoms with Gasteiger partial charge in [-0.2, -0.15) is 0 Å². The van der Waals surface area contributed by atoms with Gasteiger partial charge in [-0.05, 0) is 43.5 Å². The van der Waals surface area contributed by atoms with Crippen molar-refractivity contribution in [3.05, 3.63) is 75.1 Å².